The standard InChI is InChI=1S/C17H24N4O/c1-14-18-11-13-21(14)12-9-17(22)19-10-8-15-4-6-16(7-5-15)20(2)3/h4-7,11,13H,8-10,12H2,1-3H3,(H,19,22). The van der Waals surface area contributed by atoms with Crippen LogP contribution in [0.1, 0.15) is 17.8 Å². The van der Waals surface area contributed by atoms with E-state index in [1.54, 1.807) is 6.20 Å². The van der Waals surface area contributed by atoms with Gasteiger partial charge in [-0.15, -0.1) is 0 Å². The third-order valence-electron chi connectivity index (χ3n) is 3.69. The van der Waals surface area contributed by atoms with Gasteiger partial charge in [0.1, 0.15) is 5.82 Å². The highest BCUT2D eigenvalue weighted by molar-refractivity contribution is 5.75. The fourth-order valence-corrected chi connectivity index (χ4v) is 2.26. The van der Waals surface area contributed by atoms with E-state index < -0.39 is 0 Å². The summed E-state index contributed by atoms with van der Waals surface area (Å²) in [4.78, 5) is 18.0. The van der Waals surface area contributed by atoms with Gasteiger partial charge < -0.3 is 14.8 Å². The molecule has 0 aliphatic heterocycles. The van der Waals surface area contributed by atoms with Crippen LogP contribution in [0.25, 0.3) is 0 Å². The van der Waals surface area contributed by atoms with E-state index in [9.17, 15) is 4.79 Å². The third-order valence-corrected chi connectivity index (χ3v) is 3.69. The maximum Gasteiger partial charge on any atom is 0.221 e. The molecule has 1 amide bonds. The minimum absolute atomic E-state index is 0.0815. The molecule has 0 saturated heterocycles. The minimum Gasteiger partial charge on any atom is -0.378 e. The third kappa shape index (κ3) is 4.62. The fraction of sp³-hybridized carbons (Fsp3) is 0.412. The Labute approximate surface area is 132 Å². The first-order valence-electron chi connectivity index (χ1n) is 7.57. The van der Waals surface area contributed by atoms with Crippen LogP contribution in [0.5, 0.6) is 0 Å². The second kappa shape index (κ2) is 7.64. The van der Waals surface area contributed by atoms with Gasteiger partial charge in [0, 0.05) is 51.7 Å². The molecule has 5 heteroatoms. The van der Waals surface area contributed by atoms with Crippen molar-refractivity contribution in [3.05, 3.63) is 48.0 Å². The number of aromatic nitrogens is 2. The lowest BCUT2D eigenvalue weighted by Gasteiger charge is -2.12. The van der Waals surface area contributed by atoms with Gasteiger partial charge >= 0.3 is 0 Å². The van der Waals surface area contributed by atoms with Crippen LogP contribution < -0.4 is 10.2 Å². The van der Waals surface area contributed by atoms with E-state index in [0.717, 1.165) is 12.2 Å². The quantitative estimate of drug-likeness (QED) is 0.851. The lowest BCUT2D eigenvalue weighted by molar-refractivity contribution is -0.121. The zero-order chi connectivity index (χ0) is 15.9. The number of nitrogens with zero attached hydrogens (tertiary/aromatic N) is 3. The number of rotatable bonds is 7. The van der Waals surface area contributed by atoms with Crippen molar-refractivity contribution in [2.75, 3.05) is 25.5 Å². The molecule has 1 aromatic heterocycles. The Bertz CT molecular complexity index is 601. The number of carbonyl (C=O) groups is 1. The molecule has 0 fully saturated rings. The molecule has 0 unspecified atom stereocenters. The summed E-state index contributed by atoms with van der Waals surface area (Å²) in [5.74, 6) is 1.02. The molecule has 0 bridgehead atoms. The Hall–Kier alpha value is -2.30. The monoisotopic (exact) mass is 300 g/mol. The average molecular weight is 300 g/mol. The van der Waals surface area contributed by atoms with E-state index >= 15 is 0 Å². The van der Waals surface area contributed by atoms with E-state index in [4.69, 9.17) is 0 Å². The molecular formula is C17H24N4O. The number of nitrogens with one attached hydrogen (secondary N) is 1. The summed E-state index contributed by atoms with van der Waals surface area (Å²) in [6, 6.07) is 8.41. The van der Waals surface area contributed by atoms with Gasteiger partial charge in [0.15, 0.2) is 0 Å². The van der Waals surface area contributed by atoms with Crippen molar-refractivity contribution >= 4 is 11.6 Å². The van der Waals surface area contributed by atoms with Crippen molar-refractivity contribution in [2.45, 2.75) is 26.3 Å². The second-order valence-corrected chi connectivity index (χ2v) is 5.58. The molecule has 2 aromatic rings. The molecule has 0 radical (unpaired) electrons. The maximum absolute atomic E-state index is 11.8. The summed E-state index contributed by atoms with van der Waals surface area (Å²) in [6.07, 6.45) is 4.99. The number of carbonyl (C=O) groups excluding carboxylic acids is 1. The number of anilines is 1. The first kappa shape index (κ1) is 16.1. The van der Waals surface area contributed by atoms with Crippen molar-refractivity contribution in [3.63, 3.8) is 0 Å². The molecule has 1 aromatic carbocycles. The summed E-state index contributed by atoms with van der Waals surface area (Å²) < 4.78 is 1.99. The highest BCUT2D eigenvalue weighted by Crippen LogP contribution is 2.12. The molecule has 5 nitrogen and oxygen atoms in total. The molecule has 0 atom stereocenters. The zero-order valence-electron chi connectivity index (χ0n) is 13.5. The van der Waals surface area contributed by atoms with Crippen LogP contribution in [0.4, 0.5) is 5.69 Å². The van der Waals surface area contributed by atoms with Gasteiger partial charge in [0.2, 0.25) is 5.91 Å². The molecule has 0 aliphatic rings. The summed E-state index contributed by atoms with van der Waals surface area (Å²) in [5, 5.41) is 2.97. The van der Waals surface area contributed by atoms with Crippen LogP contribution >= 0.6 is 0 Å². The molecule has 1 heterocycles. The predicted octanol–water partition coefficient (Wildman–Crippen LogP) is 2.01. The molecule has 22 heavy (non-hydrogen) atoms. The van der Waals surface area contributed by atoms with Crippen molar-refractivity contribution < 1.29 is 4.79 Å². The second-order valence-electron chi connectivity index (χ2n) is 5.58. The Morgan fingerprint density at radius 1 is 1.27 bits per heavy atom. The van der Waals surface area contributed by atoms with Gasteiger partial charge in [-0.2, -0.15) is 0 Å². The van der Waals surface area contributed by atoms with Crippen LogP contribution in [-0.2, 0) is 17.8 Å². The maximum atomic E-state index is 11.8. The Morgan fingerprint density at radius 2 is 2.00 bits per heavy atom. The van der Waals surface area contributed by atoms with Crippen LogP contribution in [0.15, 0.2) is 36.7 Å². The molecule has 0 aliphatic carbocycles. The number of benzene rings is 1. The van der Waals surface area contributed by atoms with Gasteiger partial charge in [-0.25, -0.2) is 4.98 Å². The summed E-state index contributed by atoms with van der Waals surface area (Å²) in [5.41, 5.74) is 2.42. The molecule has 118 valence electrons. The normalized spacial score (nSPS) is 10.5. The summed E-state index contributed by atoms with van der Waals surface area (Å²) in [6.45, 7) is 3.29. The fourth-order valence-electron chi connectivity index (χ4n) is 2.26. The van der Waals surface area contributed by atoms with Gasteiger partial charge in [-0.3, -0.25) is 4.79 Å². The number of hydrogen-bond donors (Lipinski definition) is 1. The highest BCUT2D eigenvalue weighted by atomic mass is 16.1. The average Bonchev–Trinajstić information content (AvgIpc) is 2.91. The van der Waals surface area contributed by atoms with E-state index in [0.29, 0.717) is 19.5 Å². The number of imidazole rings is 1. The Morgan fingerprint density at radius 3 is 2.59 bits per heavy atom. The lowest BCUT2D eigenvalue weighted by atomic mass is 10.1. The number of hydrogen-bond acceptors (Lipinski definition) is 3. The number of aryl methyl sites for hydroxylation is 2. The SMILES string of the molecule is Cc1nccn1CCC(=O)NCCc1ccc(N(C)C)cc1. The van der Waals surface area contributed by atoms with Crippen molar-refractivity contribution in [1.29, 1.82) is 0 Å². The van der Waals surface area contributed by atoms with Gasteiger partial charge in [0.05, 0.1) is 0 Å². The van der Waals surface area contributed by atoms with Crippen LogP contribution in [0.3, 0.4) is 0 Å². The first-order valence-corrected chi connectivity index (χ1v) is 7.57. The van der Waals surface area contributed by atoms with Crippen molar-refractivity contribution in [2.24, 2.45) is 0 Å². The Kier molecular flexibility index (Phi) is 5.58. The van der Waals surface area contributed by atoms with Crippen LogP contribution in [0, 0.1) is 6.92 Å². The van der Waals surface area contributed by atoms with Crippen LogP contribution in [0.2, 0.25) is 0 Å². The zero-order valence-corrected chi connectivity index (χ0v) is 13.5. The van der Waals surface area contributed by atoms with Crippen LogP contribution in [-0.4, -0.2) is 36.1 Å². The van der Waals surface area contributed by atoms with E-state index in [2.05, 4.69) is 39.5 Å². The van der Waals surface area contributed by atoms with Gasteiger partial charge in [-0.1, -0.05) is 12.1 Å². The van der Waals surface area contributed by atoms with E-state index in [1.807, 2.05) is 31.8 Å². The number of amides is 1. The molecule has 0 saturated carbocycles. The van der Waals surface area contributed by atoms with Gasteiger partial charge in [-0.05, 0) is 31.0 Å². The lowest BCUT2D eigenvalue weighted by Crippen LogP contribution is -2.26. The molecule has 0 spiro atoms. The smallest absolute Gasteiger partial charge is 0.221 e. The molecular weight excluding hydrogens is 276 g/mol. The van der Waals surface area contributed by atoms with Gasteiger partial charge in [0.25, 0.3) is 0 Å². The summed E-state index contributed by atoms with van der Waals surface area (Å²) in [7, 11) is 4.05. The van der Waals surface area contributed by atoms with E-state index in [1.165, 1.54) is 11.3 Å². The minimum atomic E-state index is 0.0815. The Balaban J connectivity index is 1.69. The first-order chi connectivity index (χ1) is 10.6. The topological polar surface area (TPSA) is 50.2 Å². The molecule has 2 rings (SSSR count). The predicted molar refractivity (Wildman–Crippen MR) is 89.1 cm³/mol. The summed E-state index contributed by atoms with van der Waals surface area (Å²) >= 11 is 0. The largest absolute Gasteiger partial charge is 0.378 e. The molecule has 1 N–H and O–H groups in total. The van der Waals surface area contributed by atoms with Crippen molar-refractivity contribution in [3.8, 4) is 0 Å². The van der Waals surface area contributed by atoms with E-state index in [-0.39, 0.29) is 5.91 Å². The highest BCUT2D eigenvalue weighted by Gasteiger charge is 2.03. The van der Waals surface area contributed by atoms with Crippen molar-refractivity contribution in [1.82, 2.24) is 14.9 Å².